The molecule has 1 unspecified atom stereocenters. The van der Waals surface area contributed by atoms with E-state index in [4.69, 9.17) is 4.74 Å². The number of morpholine rings is 1. The van der Waals surface area contributed by atoms with Crippen molar-refractivity contribution in [3.05, 3.63) is 29.3 Å². The molecule has 0 saturated carbocycles. The van der Waals surface area contributed by atoms with E-state index in [2.05, 4.69) is 37.4 Å². The minimum atomic E-state index is 0.263. The van der Waals surface area contributed by atoms with Gasteiger partial charge >= 0.3 is 0 Å². The van der Waals surface area contributed by atoms with Gasteiger partial charge in [-0.05, 0) is 31.0 Å². The van der Waals surface area contributed by atoms with Crippen LogP contribution in [0.4, 0.5) is 0 Å². The number of thioether (sulfide) groups is 1. The van der Waals surface area contributed by atoms with Crippen LogP contribution in [0.2, 0.25) is 0 Å². The van der Waals surface area contributed by atoms with E-state index in [0.29, 0.717) is 0 Å². The highest BCUT2D eigenvalue weighted by Crippen LogP contribution is 2.28. The zero-order valence-corrected chi connectivity index (χ0v) is 10.1. The molecule has 1 saturated heterocycles. The lowest BCUT2D eigenvalue weighted by Crippen LogP contribution is -2.36. The van der Waals surface area contributed by atoms with E-state index in [-0.39, 0.29) is 5.44 Å². The molecule has 2 nitrogen and oxygen atoms in total. The van der Waals surface area contributed by atoms with E-state index in [1.54, 1.807) is 0 Å². The Labute approximate surface area is 95.4 Å². The summed E-state index contributed by atoms with van der Waals surface area (Å²) in [6.07, 6.45) is 0. The lowest BCUT2D eigenvalue weighted by molar-refractivity contribution is 0.0852. The SMILES string of the molecule is Cc1ccc(C)c(SC2CNCCO2)c1. The van der Waals surface area contributed by atoms with Crippen molar-refractivity contribution in [3.63, 3.8) is 0 Å². The lowest BCUT2D eigenvalue weighted by atomic mass is 10.2. The van der Waals surface area contributed by atoms with E-state index in [1.165, 1.54) is 16.0 Å². The predicted octanol–water partition coefficient (Wildman–Crippen LogP) is 2.34. The fraction of sp³-hybridized carbons (Fsp3) is 0.500. The molecule has 1 aliphatic rings. The normalized spacial score (nSPS) is 21.6. The molecule has 1 N–H and O–H groups in total. The highest BCUT2D eigenvalue weighted by Gasteiger charge is 2.15. The maximum Gasteiger partial charge on any atom is 0.120 e. The average molecular weight is 223 g/mol. The molecule has 0 aromatic heterocycles. The molecule has 3 heteroatoms. The van der Waals surface area contributed by atoms with Gasteiger partial charge in [-0.25, -0.2) is 0 Å². The summed E-state index contributed by atoms with van der Waals surface area (Å²) in [6.45, 7) is 7.02. The van der Waals surface area contributed by atoms with Gasteiger partial charge in [0.05, 0.1) is 6.61 Å². The Morgan fingerprint density at radius 3 is 3.00 bits per heavy atom. The quantitative estimate of drug-likeness (QED) is 0.831. The Bertz CT molecular complexity index is 334. The van der Waals surface area contributed by atoms with Crippen molar-refractivity contribution in [3.8, 4) is 0 Å². The van der Waals surface area contributed by atoms with Crippen LogP contribution in [0, 0.1) is 13.8 Å². The van der Waals surface area contributed by atoms with Gasteiger partial charge < -0.3 is 10.1 Å². The Kier molecular flexibility index (Phi) is 3.67. The van der Waals surface area contributed by atoms with Crippen molar-refractivity contribution in [2.45, 2.75) is 24.2 Å². The maximum atomic E-state index is 5.68. The van der Waals surface area contributed by atoms with Crippen LogP contribution in [-0.2, 0) is 4.74 Å². The molecule has 15 heavy (non-hydrogen) atoms. The lowest BCUT2D eigenvalue weighted by Gasteiger charge is -2.23. The first-order chi connectivity index (χ1) is 7.25. The van der Waals surface area contributed by atoms with Crippen LogP contribution in [0.3, 0.4) is 0 Å². The summed E-state index contributed by atoms with van der Waals surface area (Å²) in [5.41, 5.74) is 2.91. The molecular formula is C12H17NOS. The molecule has 1 aromatic carbocycles. The molecule has 1 aliphatic heterocycles. The van der Waals surface area contributed by atoms with Crippen molar-refractivity contribution in [2.24, 2.45) is 0 Å². The van der Waals surface area contributed by atoms with E-state index in [0.717, 1.165) is 19.7 Å². The van der Waals surface area contributed by atoms with Crippen LogP contribution in [0.15, 0.2) is 23.1 Å². The minimum absolute atomic E-state index is 0.263. The molecule has 1 aromatic rings. The second-order valence-corrected chi connectivity index (χ2v) is 5.09. The van der Waals surface area contributed by atoms with Gasteiger partial charge in [-0.1, -0.05) is 23.9 Å². The topological polar surface area (TPSA) is 21.3 Å². The zero-order valence-electron chi connectivity index (χ0n) is 9.25. The first-order valence-electron chi connectivity index (χ1n) is 5.32. The van der Waals surface area contributed by atoms with Crippen LogP contribution >= 0.6 is 11.8 Å². The first-order valence-corrected chi connectivity index (χ1v) is 6.20. The van der Waals surface area contributed by atoms with Crippen molar-refractivity contribution in [1.82, 2.24) is 5.32 Å². The van der Waals surface area contributed by atoms with Gasteiger partial charge in [0, 0.05) is 18.0 Å². The number of rotatable bonds is 2. The van der Waals surface area contributed by atoms with Crippen LogP contribution < -0.4 is 5.32 Å². The van der Waals surface area contributed by atoms with Crippen molar-refractivity contribution < 1.29 is 4.74 Å². The molecule has 0 amide bonds. The first kappa shape index (κ1) is 11.0. The molecule has 1 heterocycles. The Hall–Kier alpha value is -0.510. The molecule has 2 rings (SSSR count). The van der Waals surface area contributed by atoms with Crippen LogP contribution in [0.1, 0.15) is 11.1 Å². The highest BCUT2D eigenvalue weighted by atomic mass is 32.2. The summed E-state index contributed by atoms with van der Waals surface area (Å²) in [5, 5.41) is 3.34. The van der Waals surface area contributed by atoms with Crippen LogP contribution in [-0.4, -0.2) is 25.1 Å². The fourth-order valence-electron chi connectivity index (χ4n) is 1.59. The molecule has 1 atom stereocenters. The molecule has 0 aliphatic carbocycles. The minimum Gasteiger partial charge on any atom is -0.365 e. The van der Waals surface area contributed by atoms with Crippen LogP contribution in [0.5, 0.6) is 0 Å². The maximum absolute atomic E-state index is 5.68. The molecule has 0 bridgehead atoms. The van der Waals surface area contributed by atoms with E-state index in [1.807, 2.05) is 11.8 Å². The number of benzene rings is 1. The third kappa shape index (κ3) is 2.97. The number of aryl methyl sites for hydroxylation is 2. The van der Waals surface area contributed by atoms with E-state index < -0.39 is 0 Å². The van der Waals surface area contributed by atoms with Gasteiger partial charge in [-0.15, -0.1) is 0 Å². The Morgan fingerprint density at radius 1 is 1.40 bits per heavy atom. The van der Waals surface area contributed by atoms with Gasteiger partial charge in [-0.2, -0.15) is 0 Å². The summed E-state index contributed by atoms with van der Waals surface area (Å²) in [6, 6.07) is 6.56. The van der Waals surface area contributed by atoms with E-state index >= 15 is 0 Å². The van der Waals surface area contributed by atoms with Gasteiger partial charge in [0.25, 0.3) is 0 Å². The number of nitrogens with one attached hydrogen (secondary N) is 1. The second kappa shape index (κ2) is 5.01. The summed E-state index contributed by atoms with van der Waals surface area (Å²) < 4.78 is 5.68. The Morgan fingerprint density at radius 2 is 2.27 bits per heavy atom. The third-order valence-corrected chi connectivity index (χ3v) is 3.76. The molecular weight excluding hydrogens is 206 g/mol. The van der Waals surface area contributed by atoms with E-state index in [9.17, 15) is 0 Å². The average Bonchev–Trinajstić information content (AvgIpc) is 2.25. The number of hydrogen-bond acceptors (Lipinski definition) is 3. The summed E-state index contributed by atoms with van der Waals surface area (Å²) in [4.78, 5) is 1.34. The Balaban J connectivity index is 2.05. The summed E-state index contributed by atoms with van der Waals surface area (Å²) in [5.74, 6) is 0. The van der Waals surface area contributed by atoms with Gasteiger partial charge in [0.15, 0.2) is 0 Å². The van der Waals surface area contributed by atoms with Crippen LogP contribution in [0.25, 0.3) is 0 Å². The molecule has 1 fully saturated rings. The monoisotopic (exact) mass is 223 g/mol. The van der Waals surface area contributed by atoms with Gasteiger partial charge in [-0.3, -0.25) is 0 Å². The highest BCUT2D eigenvalue weighted by molar-refractivity contribution is 7.99. The van der Waals surface area contributed by atoms with Gasteiger partial charge in [0.1, 0.15) is 5.44 Å². The van der Waals surface area contributed by atoms with Crippen molar-refractivity contribution >= 4 is 11.8 Å². The smallest absolute Gasteiger partial charge is 0.120 e. The zero-order chi connectivity index (χ0) is 10.7. The fourth-order valence-corrected chi connectivity index (χ4v) is 2.75. The van der Waals surface area contributed by atoms with Crippen molar-refractivity contribution in [1.29, 1.82) is 0 Å². The molecule has 82 valence electrons. The van der Waals surface area contributed by atoms with Gasteiger partial charge in [0.2, 0.25) is 0 Å². The second-order valence-electron chi connectivity index (χ2n) is 3.89. The molecule has 0 radical (unpaired) electrons. The molecule has 0 spiro atoms. The third-order valence-electron chi connectivity index (χ3n) is 2.50. The summed E-state index contributed by atoms with van der Waals surface area (Å²) >= 11 is 1.82. The summed E-state index contributed by atoms with van der Waals surface area (Å²) in [7, 11) is 0. The number of hydrogen-bond donors (Lipinski definition) is 1. The standard InChI is InChI=1S/C12H17NOS/c1-9-3-4-10(2)11(7-9)15-12-8-13-5-6-14-12/h3-4,7,12-13H,5-6,8H2,1-2H3. The van der Waals surface area contributed by atoms with Crippen molar-refractivity contribution in [2.75, 3.05) is 19.7 Å². The largest absolute Gasteiger partial charge is 0.365 e. The number of ether oxygens (including phenoxy) is 1. The predicted molar refractivity (Wildman–Crippen MR) is 64.4 cm³/mol.